The Morgan fingerprint density at radius 3 is 2.42 bits per heavy atom. The van der Waals surface area contributed by atoms with Crippen LogP contribution in [0.15, 0.2) is 30.7 Å². The van der Waals surface area contributed by atoms with E-state index in [1.165, 1.54) is 0 Å². The van der Waals surface area contributed by atoms with Crippen molar-refractivity contribution in [1.82, 2.24) is 14.8 Å². The first-order chi connectivity index (χ1) is 12.2. The second-order valence-electron chi connectivity index (χ2n) is 7.85. The third-order valence-corrected chi connectivity index (χ3v) is 4.14. The maximum absolute atomic E-state index is 13.1. The van der Waals surface area contributed by atoms with Crippen LogP contribution in [0, 0.1) is 5.92 Å². The van der Waals surface area contributed by atoms with Crippen LogP contribution in [0.5, 0.6) is 0 Å². The Hall–Kier alpha value is -2.37. The number of ketones is 1. The lowest BCUT2D eigenvalue weighted by Gasteiger charge is -2.33. The van der Waals surface area contributed by atoms with Gasteiger partial charge in [-0.25, -0.2) is 4.79 Å². The molecule has 26 heavy (non-hydrogen) atoms. The van der Waals surface area contributed by atoms with Crippen LogP contribution in [0.1, 0.15) is 39.2 Å². The quantitative estimate of drug-likeness (QED) is 0.773. The van der Waals surface area contributed by atoms with Gasteiger partial charge in [0.1, 0.15) is 5.60 Å². The van der Waals surface area contributed by atoms with Crippen LogP contribution in [-0.2, 0) is 9.53 Å². The van der Waals surface area contributed by atoms with Crippen LogP contribution in [0.4, 0.5) is 4.79 Å². The Morgan fingerprint density at radius 1 is 1.27 bits per heavy atom. The zero-order valence-corrected chi connectivity index (χ0v) is 16.4. The third kappa shape index (κ3) is 5.58. The van der Waals surface area contributed by atoms with Crippen LogP contribution in [0.2, 0.25) is 0 Å². The van der Waals surface area contributed by atoms with Gasteiger partial charge in [-0.3, -0.25) is 9.78 Å². The van der Waals surface area contributed by atoms with Crippen LogP contribution < -0.4 is 0 Å². The second kappa shape index (κ2) is 8.34. The minimum Gasteiger partial charge on any atom is -0.444 e. The van der Waals surface area contributed by atoms with Crippen molar-refractivity contribution in [1.29, 1.82) is 0 Å². The summed E-state index contributed by atoms with van der Waals surface area (Å²) in [6.07, 6.45) is 6.23. The van der Waals surface area contributed by atoms with Crippen molar-refractivity contribution in [3.8, 4) is 0 Å². The Morgan fingerprint density at radius 2 is 1.92 bits per heavy atom. The minimum absolute atomic E-state index is 0.0971. The number of Topliss-reactive ketones (excluding diaryl/α,β-unsaturated/α-hetero) is 1. The number of rotatable bonds is 4. The van der Waals surface area contributed by atoms with E-state index in [1.807, 2.05) is 58.1 Å². The van der Waals surface area contributed by atoms with Crippen LogP contribution in [-0.4, -0.2) is 59.4 Å². The van der Waals surface area contributed by atoms with E-state index in [-0.39, 0.29) is 17.8 Å². The van der Waals surface area contributed by atoms with Crippen molar-refractivity contribution < 1.29 is 14.3 Å². The average molecular weight is 359 g/mol. The van der Waals surface area contributed by atoms with Gasteiger partial charge in [-0.15, -0.1) is 0 Å². The number of allylic oxidation sites excluding steroid dienone is 1. The van der Waals surface area contributed by atoms with Gasteiger partial charge in [0.15, 0.2) is 5.78 Å². The predicted octanol–water partition coefficient (Wildman–Crippen LogP) is 3.20. The molecule has 1 aromatic heterocycles. The minimum atomic E-state index is -0.508. The molecule has 0 saturated carbocycles. The van der Waals surface area contributed by atoms with E-state index in [0.717, 1.165) is 5.56 Å². The SMILES string of the molecule is CN(C)/C=C(/C(=O)C1CCN(C(=O)OC(C)(C)C)CC1)c1cccnc1. The lowest BCUT2D eigenvalue weighted by molar-refractivity contribution is -0.118. The summed E-state index contributed by atoms with van der Waals surface area (Å²) in [4.78, 5) is 33.0. The van der Waals surface area contributed by atoms with E-state index in [2.05, 4.69) is 4.98 Å². The van der Waals surface area contributed by atoms with Crippen LogP contribution >= 0.6 is 0 Å². The Labute approximate surface area is 155 Å². The number of nitrogens with zero attached hydrogens (tertiary/aromatic N) is 3. The first kappa shape index (κ1) is 19.9. The molecule has 1 aliphatic heterocycles. The summed E-state index contributed by atoms with van der Waals surface area (Å²) < 4.78 is 5.42. The largest absolute Gasteiger partial charge is 0.444 e. The molecule has 1 fully saturated rings. The van der Waals surface area contributed by atoms with E-state index in [4.69, 9.17) is 4.74 Å². The molecule has 0 aliphatic carbocycles. The molecular formula is C20H29N3O3. The van der Waals surface area contributed by atoms with Crippen molar-refractivity contribution in [3.05, 3.63) is 36.3 Å². The van der Waals surface area contributed by atoms with E-state index >= 15 is 0 Å². The highest BCUT2D eigenvalue weighted by Gasteiger charge is 2.31. The second-order valence-corrected chi connectivity index (χ2v) is 7.85. The number of piperidine rings is 1. The molecule has 2 heterocycles. The molecule has 142 valence electrons. The predicted molar refractivity (Wildman–Crippen MR) is 101 cm³/mol. The van der Waals surface area contributed by atoms with Gasteiger partial charge in [-0.05, 0) is 39.7 Å². The molecule has 0 unspecified atom stereocenters. The number of likely N-dealkylation sites (tertiary alicyclic amines) is 1. The number of carbonyl (C=O) groups is 2. The summed E-state index contributed by atoms with van der Waals surface area (Å²) in [5, 5.41) is 0. The Bertz CT molecular complexity index is 655. The van der Waals surface area contributed by atoms with E-state index < -0.39 is 5.60 Å². The summed E-state index contributed by atoms with van der Waals surface area (Å²) in [7, 11) is 3.80. The molecule has 0 aromatic carbocycles. The van der Waals surface area contributed by atoms with Gasteiger partial charge in [0.25, 0.3) is 0 Å². The molecule has 6 heteroatoms. The maximum Gasteiger partial charge on any atom is 0.410 e. The van der Waals surface area contributed by atoms with Crippen molar-refractivity contribution in [3.63, 3.8) is 0 Å². The number of carbonyl (C=O) groups excluding carboxylic acids is 2. The highest BCUT2D eigenvalue weighted by molar-refractivity contribution is 6.21. The van der Waals surface area contributed by atoms with Crippen LogP contribution in [0.3, 0.4) is 0 Å². The van der Waals surface area contributed by atoms with E-state index in [0.29, 0.717) is 31.5 Å². The fourth-order valence-corrected chi connectivity index (χ4v) is 2.93. The number of pyridine rings is 1. The Balaban J connectivity index is 2.05. The topological polar surface area (TPSA) is 62.7 Å². The molecule has 0 radical (unpaired) electrons. The zero-order valence-electron chi connectivity index (χ0n) is 16.4. The van der Waals surface area contributed by atoms with Gasteiger partial charge in [0.05, 0.1) is 0 Å². The van der Waals surface area contributed by atoms with Gasteiger partial charge < -0.3 is 14.5 Å². The molecule has 1 amide bonds. The summed E-state index contributed by atoms with van der Waals surface area (Å²) in [5.74, 6) is 0.00984. The summed E-state index contributed by atoms with van der Waals surface area (Å²) in [5.41, 5.74) is 0.977. The molecule has 1 saturated heterocycles. The standard InChI is InChI=1S/C20H29N3O3/c1-20(2,3)26-19(25)23-11-8-15(9-12-23)18(24)17(14-22(4)5)16-7-6-10-21-13-16/h6-7,10,13-15H,8-9,11-12H2,1-5H3/b17-14+. The molecule has 0 bridgehead atoms. The van der Waals surface area contributed by atoms with Gasteiger partial charge >= 0.3 is 6.09 Å². The summed E-state index contributed by atoms with van der Waals surface area (Å²) in [6.45, 7) is 6.63. The van der Waals surface area contributed by atoms with Crippen molar-refractivity contribution >= 4 is 17.4 Å². The first-order valence-corrected chi connectivity index (χ1v) is 8.98. The van der Waals surface area contributed by atoms with Crippen molar-refractivity contribution in [2.75, 3.05) is 27.2 Å². The fourth-order valence-electron chi connectivity index (χ4n) is 2.93. The molecule has 1 aromatic rings. The molecule has 6 nitrogen and oxygen atoms in total. The Kier molecular flexibility index (Phi) is 6.40. The number of hydrogen-bond acceptors (Lipinski definition) is 5. The van der Waals surface area contributed by atoms with E-state index in [1.54, 1.807) is 17.3 Å². The molecule has 2 rings (SSSR count). The molecule has 0 atom stereocenters. The molecular weight excluding hydrogens is 330 g/mol. The molecule has 0 spiro atoms. The first-order valence-electron chi connectivity index (χ1n) is 8.98. The normalized spacial score (nSPS) is 16.3. The van der Waals surface area contributed by atoms with Crippen LogP contribution in [0.25, 0.3) is 5.57 Å². The summed E-state index contributed by atoms with van der Waals surface area (Å²) >= 11 is 0. The third-order valence-electron chi connectivity index (χ3n) is 4.14. The lowest BCUT2D eigenvalue weighted by atomic mass is 9.87. The smallest absolute Gasteiger partial charge is 0.410 e. The monoisotopic (exact) mass is 359 g/mol. The number of hydrogen-bond donors (Lipinski definition) is 0. The maximum atomic E-state index is 13.1. The van der Waals surface area contributed by atoms with Gasteiger partial charge in [0.2, 0.25) is 0 Å². The van der Waals surface area contributed by atoms with Crippen molar-refractivity contribution in [2.45, 2.75) is 39.2 Å². The molecule has 0 N–H and O–H groups in total. The number of amides is 1. The van der Waals surface area contributed by atoms with Gasteiger partial charge in [0, 0.05) is 62.8 Å². The average Bonchev–Trinajstić information content (AvgIpc) is 2.58. The highest BCUT2D eigenvalue weighted by atomic mass is 16.6. The zero-order chi connectivity index (χ0) is 19.3. The lowest BCUT2D eigenvalue weighted by Crippen LogP contribution is -2.43. The molecule has 1 aliphatic rings. The van der Waals surface area contributed by atoms with Gasteiger partial charge in [-0.1, -0.05) is 6.07 Å². The van der Waals surface area contributed by atoms with E-state index in [9.17, 15) is 9.59 Å². The number of ether oxygens (including phenoxy) is 1. The van der Waals surface area contributed by atoms with Gasteiger partial charge in [-0.2, -0.15) is 0 Å². The fraction of sp³-hybridized carbons (Fsp3) is 0.550. The van der Waals surface area contributed by atoms with Crippen molar-refractivity contribution in [2.24, 2.45) is 5.92 Å². The number of aromatic nitrogens is 1. The highest BCUT2D eigenvalue weighted by Crippen LogP contribution is 2.27. The summed E-state index contributed by atoms with van der Waals surface area (Å²) in [6, 6.07) is 3.73.